The van der Waals surface area contributed by atoms with Crippen LogP contribution in [0.4, 0.5) is 11.4 Å². The lowest BCUT2D eigenvalue weighted by Gasteiger charge is -2.29. The SMILES string of the molecule is CC(=O)N1CCCc2cc(NC(=O)C3CCCN3S(=O)(=O)c3c(C)cc(C)cc3C)ccc21. The Bertz CT molecular complexity index is 1200. The first-order valence-electron chi connectivity index (χ1n) is 11.4. The number of rotatable bonds is 4. The number of carbonyl (C=O) groups is 2. The van der Waals surface area contributed by atoms with Crippen LogP contribution in [0.25, 0.3) is 0 Å². The standard InChI is InChI=1S/C25H31N3O4S/c1-16-13-17(2)24(18(3)14-16)33(31,32)28-12-6-8-23(28)25(30)26-21-9-10-22-20(15-21)7-5-11-27(22)19(4)29/h9-10,13-15,23H,5-8,11-12H2,1-4H3,(H,26,30). The molecule has 8 heteroatoms. The molecule has 0 aliphatic carbocycles. The molecule has 1 atom stereocenters. The molecule has 1 unspecified atom stereocenters. The van der Waals surface area contributed by atoms with E-state index in [-0.39, 0.29) is 11.8 Å². The van der Waals surface area contributed by atoms with Gasteiger partial charge in [0.25, 0.3) is 0 Å². The van der Waals surface area contributed by atoms with E-state index in [4.69, 9.17) is 0 Å². The van der Waals surface area contributed by atoms with Crippen molar-refractivity contribution in [3.63, 3.8) is 0 Å². The maximum Gasteiger partial charge on any atom is 0.244 e. The van der Waals surface area contributed by atoms with Crippen LogP contribution in [0.3, 0.4) is 0 Å². The number of hydrogen-bond acceptors (Lipinski definition) is 4. The van der Waals surface area contributed by atoms with Gasteiger partial charge in [-0.05, 0) is 81.3 Å². The van der Waals surface area contributed by atoms with Crippen molar-refractivity contribution in [3.8, 4) is 0 Å². The molecule has 0 bridgehead atoms. The Morgan fingerprint density at radius 3 is 2.36 bits per heavy atom. The minimum atomic E-state index is -3.81. The first kappa shape index (κ1) is 23.4. The fraction of sp³-hybridized carbons (Fsp3) is 0.440. The Morgan fingerprint density at radius 1 is 1.00 bits per heavy atom. The third kappa shape index (κ3) is 4.42. The van der Waals surface area contributed by atoms with Crippen LogP contribution in [0.15, 0.2) is 35.2 Å². The topological polar surface area (TPSA) is 86.8 Å². The van der Waals surface area contributed by atoms with E-state index in [1.165, 1.54) is 4.31 Å². The lowest BCUT2D eigenvalue weighted by atomic mass is 10.0. The zero-order valence-electron chi connectivity index (χ0n) is 19.6. The van der Waals surface area contributed by atoms with Crippen LogP contribution in [0.2, 0.25) is 0 Å². The van der Waals surface area contributed by atoms with Gasteiger partial charge in [-0.2, -0.15) is 4.31 Å². The van der Waals surface area contributed by atoms with Crippen LogP contribution in [0, 0.1) is 20.8 Å². The van der Waals surface area contributed by atoms with E-state index in [0.717, 1.165) is 29.7 Å². The van der Waals surface area contributed by atoms with E-state index >= 15 is 0 Å². The summed E-state index contributed by atoms with van der Waals surface area (Å²) in [5, 5.41) is 2.92. The van der Waals surface area contributed by atoms with Crippen molar-refractivity contribution in [2.45, 2.75) is 64.3 Å². The average Bonchev–Trinajstić information content (AvgIpc) is 3.23. The van der Waals surface area contributed by atoms with Gasteiger partial charge < -0.3 is 10.2 Å². The second kappa shape index (κ2) is 8.91. The Hall–Kier alpha value is -2.71. The zero-order valence-corrected chi connectivity index (χ0v) is 20.5. The summed E-state index contributed by atoms with van der Waals surface area (Å²) < 4.78 is 28.5. The lowest BCUT2D eigenvalue weighted by molar-refractivity contribution is -0.119. The van der Waals surface area contributed by atoms with Gasteiger partial charge in [0.05, 0.1) is 4.90 Å². The van der Waals surface area contributed by atoms with Gasteiger partial charge >= 0.3 is 0 Å². The molecule has 2 aliphatic heterocycles. The number of nitrogens with one attached hydrogen (secondary N) is 1. The molecule has 0 saturated carbocycles. The van der Waals surface area contributed by atoms with Crippen LogP contribution in [0.5, 0.6) is 0 Å². The molecule has 7 nitrogen and oxygen atoms in total. The third-order valence-electron chi connectivity index (χ3n) is 6.52. The Kier molecular flexibility index (Phi) is 6.33. The van der Waals surface area contributed by atoms with Gasteiger partial charge in [0, 0.05) is 31.4 Å². The van der Waals surface area contributed by atoms with E-state index in [9.17, 15) is 18.0 Å². The molecule has 2 heterocycles. The molecule has 2 aliphatic rings. The predicted molar refractivity (Wildman–Crippen MR) is 129 cm³/mol. The molecule has 1 N–H and O–H groups in total. The largest absolute Gasteiger partial charge is 0.325 e. The van der Waals surface area contributed by atoms with Crippen molar-refractivity contribution in [2.24, 2.45) is 0 Å². The summed E-state index contributed by atoms with van der Waals surface area (Å²) in [4.78, 5) is 27.1. The molecule has 2 aromatic rings. The predicted octanol–water partition coefficient (Wildman–Crippen LogP) is 3.70. The molecule has 0 radical (unpaired) electrons. The molecule has 0 aromatic heterocycles. The van der Waals surface area contributed by atoms with Crippen molar-refractivity contribution >= 4 is 33.2 Å². The number of anilines is 2. The van der Waals surface area contributed by atoms with E-state index in [1.54, 1.807) is 31.7 Å². The van der Waals surface area contributed by atoms with Crippen molar-refractivity contribution in [1.29, 1.82) is 0 Å². The number of amides is 2. The minimum Gasteiger partial charge on any atom is -0.325 e. The third-order valence-corrected chi connectivity index (χ3v) is 8.74. The minimum absolute atomic E-state index is 0.00114. The first-order chi connectivity index (χ1) is 15.6. The Balaban J connectivity index is 1.57. The van der Waals surface area contributed by atoms with Crippen molar-refractivity contribution in [1.82, 2.24) is 4.31 Å². The van der Waals surface area contributed by atoms with Crippen LogP contribution in [-0.4, -0.2) is 43.7 Å². The highest BCUT2D eigenvalue weighted by atomic mass is 32.2. The van der Waals surface area contributed by atoms with Crippen molar-refractivity contribution in [2.75, 3.05) is 23.3 Å². The quantitative estimate of drug-likeness (QED) is 0.740. The summed E-state index contributed by atoms with van der Waals surface area (Å²) >= 11 is 0. The average molecular weight is 470 g/mol. The molecule has 0 spiro atoms. The number of carbonyl (C=O) groups excluding carboxylic acids is 2. The van der Waals surface area contributed by atoms with E-state index in [1.807, 2.05) is 31.2 Å². The van der Waals surface area contributed by atoms with Gasteiger partial charge in [-0.3, -0.25) is 9.59 Å². The van der Waals surface area contributed by atoms with Gasteiger partial charge in [0.1, 0.15) is 6.04 Å². The van der Waals surface area contributed by atoms with E-state index in [0.29, 0.717) is 47.6 Å². The lowest BCUT2D eigenvalue weighted by Crippen LogP contribution is -2.43. The molecule has 1 fully saturated rings. The van der Waals surface area contributed by atoms with Crippen molar-refractivity contribution < 1.29 is 18.0 Å². The van der Waals surface area contributed by atoms with Crippen molar-refractivity contribution in [3.05, 3.63) is 52.6 Å². The summed E-state index contributed by atoms with van der Waals surface area (Å²) in [5.41, 5.74) is 4.91. The van der Waals surface area contributed by atoms with Gasteiger partial charge in [-0.15, -0.1) is 0 Å². The van der Waals surface area contributed by atoms with E-state index in [2.05, 4.69) is 5.32 Å². The zero-order chi connectivity index (χ0) is 23.9. The van der Waals surface area contributed by atoms with Gasteiger partial charge in [0.2, 0.25) is 21.8 Å². The highest BCUT2D eigenvalue weighted by molar-refractivity contribution is 7.89. The summed E-state index contributed by atoms with van der Waals surface area (Å²) in [6.45, 7) is 8.12. The van der Waals surface area contributed by atoms with Crippen LogP contribution in [0.1, 0.15) is 48.4 Å². The molecule has 2 aromatic carbocycles. The van der Waals surface area contributed by atoms with E-state index < -0.39 is 16.1 Å². The fourth-order valence-electron chi connectivity index (χ4n) is 5.21. The maximum atomic E-state index is 13.6. The van der Waals surface area contributed by atoms with Crippen LogP contribution in [-0.2, 0) is 26.0 Å². The number of sulfonamides is 1. The monoisotopic (exact) mass is 469 g/mol. The summed E-state index contributed by atoms with van der Waals surface area (Å²) in [5.74, 6) is -0.320. The van der Waals surface area contributed by atoms with Gasteiger partial charge in [-0.1, -0.05) is 17.7 Å². The summed E-state index contributed by atoms with van der Waals surface area (Å²) in [6.07, 6.45) is 2.82. The number of aryl methyl sites for hydroxylation is 4. The number of nitrogens with zero attached hydrogens (tertiary/aromatic N) is 2. The fourth-order valence-corrected chi connectivity index (χ4v) is 7.28. The molecule has 1 saturated heterocycles. The second-order valence-corrected chi connectivity index (χ2v) is 10.9. The second-order valence-electron chi connectivity index (χ2n) is 9.11. The van der Waals surface area contributed by atoms with Crippen LogP contribution >= 0.6 is 0 Å². The number of hydrogen-bond donors (Lipinski definition) is 1. The highest BCUT2D eigenvalue weighted by Crippen LogP contribution is 2.33. The number of fused-ring (bicyclic) bond motifs is 1. The molecular formula is C25H31N3O4S. The molecule has 33 heavy (non-hydrogen) atoms. The number of benzene rings is 2. The normalized spacial score (nSPS) is 18.8. The Labute approximate surface area is 195 Å². The highest BCUT2D eigenvalue weighted by Gasteiger charge is 2.40. The van der Waals surface area contributed by atoms with Gasteiger partial charge in [-0.25, -0.2) is 8.42 Å². The molecular weight excluding hydrogens is 438 g/mol. The smallest absolute Gasteiger partial charge is 0.244 e. The first-order valence-corrected chi connectivity index (χ1v) is 12.8. The molecule has 2 amide bonds. The maximum absolute atomic E-state index is 13.6. The van der Waals surface area contributed by atoms with Gasteiger partial charge in [0.15, 0.2) is 0 Å². The summed E-state index contributed by atoms with van der Waals surface area (Å²) in [7, 11) is -3.81. The molecule has 4 rings (SSSR count). The Morgan fingerprint density at radius 2 is 1.70 bits per heavy atom. The summed E-state index contributed by atoms with van der Waals surface area (Å²) in [6, 6.07) is 8.50. The van der Waals surface area contributed by atoms with Crippen LogP contribution < -0.4 is 10.2 Å². The molecule has 176 valence electrons.